The van der Waals surface area contributed by atoms with Crippen molar-refractivity contribution < 1.29 is 9.21 Å². The summed E-state index contributed by atoms with van der Waals surface area (Å²) in [4.78, 5) is 28.6. The van der Waals surface area contributed by atoms with Crippen LogP contribution < -0.4 is 10.5 Å². The molecule has 4 rings (SSSR count). The summed E-state index contributed by atoms with van der Waals surface area (Å²) in [7, 11) is 0. The second-order valence-corrected chi connectivity index (χ2v) is 6.60. The van der Waals surface area contributed by atoms with Crippen molar-refractivity contribution in [2.75, 3.05) is 31.1 Å². The van der Waals surface area contributed by atoms with Crippen molar-refractivity contribution in [1.29, 1.82) is 0 Å². The highest BCUT2D eigenvalue weighted by Gasteiger charge is 2.23. The van der Waals surface area contributed by atoms with Gasteiger partial charge in [-0.3, -0.25) is 4.79 Å². The maximum absolute atomic E-state index is 12.6. The van der Waals surface area contributed by atoms with Crippen LogP contribution in [0.5, 0.6) is 0 Å². The molecule has 0 saturated carbocycles. The highest BCUT2D eigenvalue weighted by molar-refractivity contribution is 5.94. The normalized spacial score (nSPS) is 14.7. The van der Waals surface area contributed by atoms with Crippen molar-refractivity contribution in [2.45, 2.75) is 6.92 Å². The van der Waals surface area contributed by atoms with Crippen molar-refractivity contribution in [3.63, 3.8) is 0 Å². The summed E-state index contributed by atoms with van der Waals surface area (Å²) in [6.45, 7) is 4.64. The zero-order valence-corrected chi connectivity index (χ0v) is 14.6. The van der Waals surface area contributed by atoms with Crippen LogP contribution in [0.25, 0.3) is 11.0 Å². The van der Waals surface area contributed by atoms with Crippen molar-refractivity contribution in [3.8, 4) is 0 Å². The molecule has 1 aromatic heterocycles. The molecule has 2 aromatic carbocycles. The zero-order chi connectivity index (χ0) is 18.1. The standard InChI is InChI=1S/C21H20N2O3/c1-15-7-8-19-17(13-15)18(14-20(24)26-19)22-9-11-23(12-10-22)21(25)16-5-3-2-4-6-16/h2-8,13-14H,9-12H2,1H3. The maximum Gasteiger partial charge on any atom is 0.338 e. The molecule has 1 fully saturated rings. The van der Waals surface area contributed by atoms with E-state index in [1.54, 1.807) is 6.07 Å². The Morgan fingerprint density at radius 2 is 1.69 bits per heavy atom. The van der Waals surface area contributed by atoms with Gasteiger partial charge in [0.05, 0.1) is 5.69 Å². The average molecular weight is 348 g/mol. The Morgan fingerprint density at radius 1 is 0.962 bits per heavy atom. The Labute approximate surface area is 151 Å². The van der Waals surface area contributed by atoms with E-state index in [0.29, 0.717) is 37.3 Å². The number of fused-ring (bicyclic) bond motifs is 1. The lowest BCUT2D eigenvalue weighted by atomic mass is 10.1. The predicted octanol–water partition coefficient (Wildman–Crippen LogP) is 3.06. The third-order valence-electron chi connectivity index (χ3n) is 4.80. The second kappa shape index (κ2) is 6.67. The minimum Gasteiger partial charge on any atom is -0.423 e. The van der Waals surface area contributed by atoms with E-state index in [9.17, 15) is 9.59 Å². The third-order valence-corrected chi connectivity index (χ3v) is 4.80. The molecule has 5 nitrogen and oxygen atoms in total. The van der Waals surface area contributed by atoms with Crippen LogP contribution in [0.4, 0.5) is 5.69 Å². The van der Waals surface area contributed by atoms with Crippen molar-refractivity contribution in [3.05, 3.63) is 76.1 Å². The molecule has 0 unspecified atom stereocenters. The lowest BCUT2D eigenvalue weighted by Crippen LogP contribution is -2.49. The fourth-order valence-corrected chi connectivity index (χ4v) is 3.44. The van der Waals surface area contributed by atoms with Gasteiger partial charge in [-0.05, 0) is 31.2 Å². The van der Waals surface area contributed by atoms with E-state index in [2.05, 4.69) is 4.90 Å². The molecule has 1 aliphatic heterocycles. The third kappa shape index (κ3) is 3.08. The number of carbonyl (C=O) groups excluding carboxylic acids is 1. The number of benzene rings is 2. The second-order valence-electron chi connectivity index (χ2n) is 6.60. The first-order valence-corrected chi connectivity index (χ1v) is 8.75. The molecule has 0 radical (unpaired) electrons. The van der Waals surface area contributed by atoms with E-state index in [1.165, 1.54) is 0 Å². The molecule has 0 aliphatic carbocycles. The summed E-state index contributed by atoms with van der Waals surface area (Å²) in [5.74, 6) is 0.0542. The highest BCUT2D eigenvalue weighted by Crippen LogP contribution is 2.27. The van der Waals surface area contributed by atoms with Crippen LogP contribution in [0.15, 0.2) is 63.8 Å². The van der Waals surface area contributed by atoms with Crippen LogP contribution in [-0.4, -0.2) is 37.0 Å². The fraction of sp³-hybridized carbons (Fsp3) is 0.238. The summed E-state index contributed by atoms with van der Waals surface area (Å²) >= 11 is 0. The number of carbonyl (C=O) groups is 1. The van der Waals surface area contributed by atoms with Crippen LogP contribution in [0.3, 0.4) is 0 Å². The molecule has 1 amide bonds. The van der Waals surface area contributed by atoms with Crippen molar-refractivity contribution in [1.82, 2.24) is 4.90 Å². The van der Waals surface area contributed by atoms with E-state index < -0.39 is 0 Å². The molecule has 0 N–H and O–H groups in total. The first-order chi connectivity index (χ1) is 12.6. The van der Waals surface area contributed by atoms with Gasteiger partial charge in [-0.1, -0.05) is 29.8 Å². The van der Waals surface area contributed by atoms with E-state index in [1.807, 2.05) is 60.4 Å². The number of piperazine rings is 1. The first kappa shape index (κ1) is 16.4. The molecule has 0 bridgehead atoms. The van der Waals surface area contributed by atoms with E-state index in [0.717, 1.165) is 16.6 Å². The van der Waals surface area contributed by atoms with Crippen LogP contribution in [0.2, 0.25) is 0 Å². The molecule has 3 aromatic rings. The van der Waals surface area contributed by atoms with E-state index >= 15 is 0 Å². The van der Waals surface area contributed by atoms with Gasteiger partial charge < -0.3 is 14.2 Å². The predicted molar refractivity (Wildman–Crippen MR) is 102 cm³/mol. The van der Waals surface area contributed by atoms with Crippen LogP contribution >= 0.6 is 0 Å². The topological polar surface area (TPSA) is 53.8 Å². The summed E-state index contributed by atoms with van der Waals surface area (Å²) < 4.78 is 5.32. The monoisotopic (exact) mass is 348 g/mol. The van der Waals surface area contributed by atoms with Gasteiger partial charge in [0.2, 0.25) is 0 Å². The van der Waals surface area contributed by atoms with Crippen LogP contribution in [-0.2, 0) is 0 Å². The van der Waals surface area contributed by atoms with Gasteiger partial charge >= 0.3 is 5.63 Å². The van der Waals surface area contributed by atoms with Gasteiger partial charge in [-0.15, -0.1) is 0 Å². The van der Waals surface area contributed by atoms with Crippen molar-refractivity contribution in [2.24, 2.45) is 0 Å². The Morgan fingerprint density at radius 3 is 2.42 bits per heavy atom. The smallest absolute Gasteiger partial charge is 0.338 e. The van der Waals surface area contributed by atoms with Gasteiger partial charge in [-0.2, -0.15) is 0 Å². The zero-order valence-electron chi connectivity index (χ0n) is 14.6. The molecule has 132 valence electrons. The van der Waals surface area contributed by atoms with Crippen molar-refractivity contribution >= 4 is 22.6 Å². The number of amides is 1. The van der Waals surface area contributed by atoms with E-state index in [4.69, 9.17) is 4.42 Å². The van der Waals surface area contributed by atoms with Crippen LogP contribution in [0.1, 0.15) is 15.9 Å². The number of hydrogen-bond acceptors (Lipinski definition) is 4. The molecule has 1 aliphatic rings. The Balaban J connectivity index is 1.57. The van der Waals surface area contributed by atoms with Gasteiger partial charge in [0.25, 0.3) is 5.91 Å². The molecule has 1 saturated heterocycles. The Bertz CT molecular complexity index is 1000. The molecule has 0 spiro atoms. The van der Waals surface area contributed by atoms with Gasteiger partial charge in [-0.25, -0.2) is 4.79 Å². The van der Waals surface area contributed by atoms with Gasteiger partial charge in [0, 0.05) is 43.2 Å². The maximum atomic E-state index is 12.6. The summed E-state index contributed by atoms with van der Waals surface area (Å²) in [5.41, 5.74) is 2.96. The molecule has 26 heavy (non-hydrogen) atoms. The highest BCUT2D eigenvalue weighted by atomic mass is 16.4. The quantitative estimate of drug-likeness (QED) is 0.668. The minimum absolute atomic E-state index is 0.0542. The van der Waals surface area contributed by atoms with E-state index in [-0.39, 0.29) is 11.5 Å². The molecule has 2 heterocycles. The largest absolute Gasteiger partial charge is 0.423 e. The fourth-order valence-electron chi connectivity index (χ4n) is 3.44. The molecular weight excluding hydrogens is 328 g/mol. The molecule has 5 heteroatoms. The average Bonchev–Trinajstić information content (AvgIpc) is 2.68. The van der Waals surface area contributed by atoms with Gasteiger partial charge in [0.15, 0.2) is 0 Å². The molecule has 0 atom stereocenters. The lowest BCUT2D eigenvalue weighted by Gasteiger charge is -2.36. The first-order valence-electron chi connectivity index (χ1n) is 8.75. The van der Waals surface area contributed by atoms with Gasteiger partial charge in [0.1, 0.15) is 5.58 Å². The number of anilines is 1. The minimum atomic E-state index is -0.348. The summed E-state index contributed by atoms with van der Waals surface area (Å²) in [6.07, 6.45) is 0. The number of hydrogen-bond donors (Lipinski definition) is 0. The lowest BCUT2D eigenvalue weighted by molar-refractivity contribution is 0.0747. The number of aryl methyl sites for hydroxylation is 1. The molecular formula is C21H20N2O3. The number of rotatable bonds is 2. The van der Waals surface area contributed by atoms with Crippen LogP contribution in [0, 0.1) is 6.92 Å². The number of nitrogens with zero attached hydrogens (tertiary/aromatic N) is 2. The summed E-state index contributed by atoms with van der Waals surface area (Å²) in [5, 5.41) is 0.937. The Kier molecular flexibility index (Phi) is 4.21. The SMILES string of the molecule is Cc1ccc2oc(=O)cc(N3CCN(C(=O)c4ccccc4)CC3)c2c1. The summed E-state index contributed by atoms with van der Waals surface area (Å²) in [6, 6.07) is 16.7. The Hall–Kier alpha value is -3.08.